The number of nitrogens with zero attached hydrogens (tertiary/aromatic N) is 1. The molecule has 0 radical (unpaired) electrons. The molecular formula is C25H21FN2O4. The Balaban J connectivity index is 1.32. The normalized spacial score (nSPS) is 12.2. The molecule has 0 unspecified atom stereocenters. The first kappa shape index (κ1) is 21.2. The molecule has 1 aliphatic heterocycles. The molecule has 1 heterocycles. The number of carbonyl (C=O) groups excluding carboxylic acids is 3. The lowest BCUT2D eigenvalue weighted by Gasteiger charge is -2.15. The highest BCUT2D eigenvalue weighted by Gasteiger charge is 2.22. The van der Waals surface area contributed by atoms with E-state index in [1.807, 2.05) is 12.1 Å². The quantitative estimate of drug-likeness (QED) is 0.598. The fraction of sp³-hybridized carbons (Fsp3) is 0.160. The summed E-state index contributed by atoms with van der Waals surface area (Å²) in [5.74, 6) is -0.505. The molecule has 3 aromatic carbocycles. The van der Waals surface area contributed by atoms with Crippen molar-refractivity contribution in [2.75, 3.05) is 23.4 Å². The van der Waals surface area contributed by atoms with Crippen molar-refractivity contribution in [3.63, 3.8) is 0 Å². The van der Waals surface area contributed by atoms with Crippen molar-refractivity contribution >= 4 is 29.0 Å². The number of ketones is 1. The van der Waals surface area contributed by atoms with Crippen LogP contribution in [0.5, 0.6) is 5.75 Å². The van der Waals surface area contributed by atoms with Gasteiger partial charge < -0.3 is 15.0 Å². The summed E-state index contributed by atoms with van der Waals surface area (Å²) in [6, 6.07) is 17.2. The lowest BCUT2D eigenvalue weighted by molar-refractivity contribution is -0.118. The molecule has 6 nitrogen and oxygen atoms in total. The zero-order valence-corrected chi connectivity index (χ0v) is 17.4. The van der Waals surface area contributed by atoms with Gasteiger partial charge in [0.2, 0.25) is 5.91 Å². The van der Waals surface area contributed by atoms with Gasteiger partial charge >= 0.3 is 0 Å². The Labute approximate surface area is 184 Å². The maximum Gasteiger partial charge on any atom is 0.262 e. The number of carbonyl (C=O) groups is 3. The van der Waals surface area contributed by atoms with Gasteiger partial charge in [-0.25, -0.2) is 4.39 Å². The highest BCUT2D eigenvalue weighted by atomic mass is 19.1. The van der Waals surface area contributed by atoms with Gasteiger partial charge in [0, 0.05) is 36.0 Å². The van der Waals surface area contributed by atoms with Crippen LogP contribution >= 0.6 is 0 Å². The Bertz CT molecular complexity index is 1170. The highest BCUT2D eigenvalue weighted by Crippen LogP contribution is 2.30. The number of halogens is 1. The molecule has 4 rings (SSSR count). The standard InChI is InChI=1S/C25H21FN2O4/c1-16(29)28-13-12-19-14-21(8-11-23(19)28)27-24(30)15-32-22-9-4-18(5-10-22)25(31)17-2-6-20(26)7-3-17/h2-11,14H,12-13,15H2,1H3,(H,27,30). The third-order valence-electron chi connectivity index (χ3n) is 5.23. The van der Waals surface area contributed by atoms with E-state index in [4.69, 9.17) is 4.74 Å². The summed E-state index contributed by atoms with van der Waals surface area (Å²) < 4.78 is 18.5. The Hall–Kier alpha value is -4.00. The summed E-state index contributed by atoms with van der Waals surface area (Å²) in [4.78, 5) is 38.0. The molecule has 0 aromatic heterocycles. The van der Waals surface area contributed by atoms with Crippen molar-refractivity contribution in [1.29, 1.82) is 0 Å². The van der Waals surface area contributed by atoms with E-state index in [1.165, 1.54) is 31.2 Å². The molecule has 2 amide bonds. The third kappa shape index (κ3) is 4.67. The van der Waals surface area contributed by atoms with Crippen LogP contribution in [0.2, 0.25) is 0 Å². The van der Waals surface area contributed by atoms with Gasteiger partial charge in [-0.05, 0) is 78.7 Å². The van der Waals surface area contributed by atoms with E-state index in [9.17, 15) is 18.8 Å². The molecule has 7 heteroatoms. The van der Waals surface area contributed by atoms with Crippen LogP contribution < -0.4 is 15.0 Å². The molecular weight excluding hydrogens is 411 g/mol. The smallest absolute Gasteiger partial charge is 0.262 e. The van der Waals surface area contributed by atoms with Crippen molar-refractivity contribution in [3.05, 3.63) is 89.2 Å². The fourth-order valence-corrected chi connectivity index (χ4v) is 3.62. The van der Waals surface area contributed by atoms with Crippen molar-refractivity contribution in [2.45, 2.75) is 13.3 Å². The summed E-state index contributed by atoms with van der Waals surface area (Å²) in [7, 11) is 0. The Kier molecular flexibility index (Phi) is 5.98. The molecule has 3 aromatic rings. The summed E-state index contributed by atoms with van der Waals surface area (Å²) in [5.41, 5.74) is 3.36. The summed E-state index contributed by atoms with van der Waals surface area (Å²) >= 11 is 0. The maximum atomic E-state index is 13.0. The van der Waals surface area contributed by atoms with E-state index in [1.54, 1.807) is 35.2 Å². The first-order chi connectivity index (χ1) is 15.4. The van der Waals surface area contributed by atoms with E-state index in [-0.39, 0.29) is 24.2 Å². The minimum absolute atomic E-state index is 0.000630. The second kappa shape index (κ2) is 9.01. The van der Waals surface area contributed by atoms with Crippen molar-refractivity contribution in [1.82, 2.24) is 0 Å². The summed E-state index contributed by atoms with van der Waals surface area (Å²) in [6.07, 6.45) is 0.748. The molecule has 0 saturated heterocycles. The summed E-state index contributed by atoms with van der Waals surface area (Å²) in [5, 5.41) is 2.79. The van der Waals surface area contributed by atoms with E-state index >= 15 is 0 Å². The van der Waals surface area contributed by atoms with Gasteiger partial charge in [0.25, 0.3) is 5.91 Å². The molecule has 0 bridgehead atoms. The Morgan fingerprint density at radius 1 is 0.969 bits per heavy atom. The van der Waals surface area contributed by atoms with Crippen LogP contribution in [-0.2, 0) is 16.0 Å². The van der Waals surface area contributed by atoms with E-state index in [2.05, 4.69) is 5.32 Å². The number of rotatable bonds is 6. The molecule has 1 aliphatic rings. The van der Waals surface area contributed by atoms with Crippen LogP contribution in [0.4, 0.5) is 15.8 Å². The minimum atomic E-state index is -0.401. The van der Waals surface area contributed by atoms with Crippen LogP contribution in [0, 0.1) is 5.82 Å². The van der Waals surface area contributed by atoms with E-state index in [0.717, 1.165) is 17.7 Å². The van der Waals surface area contributed by atoms with Crippen LogP contribution in [0.1, 0.15) is 28.4 Å². The maximum absolute atomic E-state index is 13.0. The fourth-order valence-electron chi connectivity index (χ4n) is 3.62. The number of nitrogens with one attached hydrogen (secondary N) is 1. The highest BCUT2D eigenvalue weighted by molar-refractivity contribution is 6.09. The van der Waals surface area contributed by atoms with Gasteiger partial charge in [0.05, 0.1) is 0 Å². The number of ether oxygens (including phenoxy) is 1. The lowest BCUT2D eigenvalue weighted by atomic mass is 10.0. The van der Waals surface area contributed by atoms with Gasteiger partial charge in [-0.3, -0.25) is 14.4 Å². The van der Waals surface area contributed by atoms with Crippen molar-refractivity contribution < 1.29 is 23.5 Å². The number of benzene rings is 3. The average Bonchev–Trinajstić information content (AvgIpc) is 3.22. The molecule has 0 atom stereocenters. The monoisotopic (exact) mass is 432 g/mol. The van der Waals surface area contributed by atoms with E-state index < -0.39 is 5.82 Å². The topological polar surface area (TPSA) is 75.7 Å². The second-order valence-corrected chi connectivity index (χ2v) is 7.46. The number of anilines is 2. The van der Waals surface area contributed by atoms with Crippen molar-refractivity contribution in [3.8, 4) is 5.75 Å². The minimum Gasteiger partial charge on any atom is -0.484 e. The molecule has 0 saturated carbocycles. The predicted octanol–water partition coefficient (Wildman–Crippen LogP) is 3.98. The third-order valence-corrected chi connectivity index (χ3v) is 5.23. The zero-order chi connectivity index (χ0) is 22.7. The van der Waals surface area contributed by atoms with Crippen LogP contribution in [0.15, 0.2) is 66.7 Å². The lowest BCUT2D eigenvalue weighted by Crippen LogP contribution is -2.25. The molecule has 32 heavy (non-hydrogen) atoms. The number of fused-ring (bicyclic) bond motifs is 1. The van der Waals surface area contributed by atoms with Gasteiger partial charge in [-0.1, -0.05) is 0 Å². The first-order valence-corrected chi connectivity index (χ1v) is 10.1. The SMILES string of the molecule is CC(=O)N1CCc2cc(NC(=O)COc3ccc(C(=O)c4ccc(F)cc4)cc3)ccc21. The van der Waals surface area contributed by atoms with Crippen LogP contribution in [0.3, 0.4) is 0 Å². The predicted molar refractivity (Wildman–Crippen MR) is 119 cm³/mol. The molecule has 0 fully saturated rings. The van der Waals surface area contributed by atoms with Gasteiger partial charge in [0.15, 0.2) is 12.4 Å². The number of amides is 2. The van der Waals surface area contributed by atoms with Crippen LogP contribution in [-0.4, -0.2) is 30.7 Å². The molecule has 0 spiro atoms. The zero-order valence-electron chi connectivity index (χ0n) is 17.4. The number of hydrogen-bond donors (Lipinski definition) is 1. The van der Waals surface area contributed by atoms with Gasteiger partial charge in [-0.15, -0.1) is 0 Å². The molecule has 1 N–H and O–H groups in total. The largest absolute Gasteiger partial charge is 0.484 e. The second-order valence-electron chi connectivity index (χ2n) is 7.46. The summed E-state index contributed by atoms with van der Waals surface area (Å²) in [6.45, 7) is 1.99. The molecule has 162 valence electrons. The average molecular weight is 432 g/mol. The van der Waals surface area contributed by atoms with Crippen LogP contribution in [0.25, 0.3) is 0 Å². The Morgan fingerprint density at radius 2 is 1.62 bits per heavy atom. The first-order valence-electron chi connectivity index (χ1n) is 10.1. The van der Waals surface area contributed by atoms with Gasteiger partial charge in [0.1, 0.15) is 11.6 Å². The Morgan fingerprint density at radius 3 is 2.28 bits per heavy atom. The number of hydrogen-bond acceptors (Lipinski definition) is 4. The van der Waals surface area contributed by atoms with Gasteiger partial charge in [-0.2, -0.15) is 0 Å². The molecule has 0 aliphatic carbocycles. The van der Waals surface area contributed by atoms with Crippen molar-refractivity contribution in [2.24, 2.45) is 0 Å². The van der Waals surface area contributed by atoms with E-state index in [0.29, 0.717) is 29.1 Å².